The fraction of sp³-hybridized carbons (Fsp3) is 0.286. The van der Waals surface area contributed by atoms with E-state index >= 15 is 0 Å². The molecule has 152 valence electrons. The maximum absolute atomic E-state index is 12.4. The third kappa shape index (κ3) is 5.29. The number of carbonyl (C=O) groups is 1. The summed E-state index contributed by atoms with van der Waals surface area (Å²) in [6.07, 6.45) is 0.706. The summed E-state index contributed by atoms with van der Waals surface area (Å²) in [5, 5.41) is 12.2. The summed E-state index contributed by atoms with van der Waals surface area (Å²) < 4.78 is 12.5. The van der Waals surface area contributed by atoms with E-state index in [0.29, 0.717) is 23.6 Å². The van der Waals surface area contributed by atoms with Gasteiger partial charge in [-0.2, -0.15) is 0 Å². The van der Waals surface area contributed by atoms with Gasteiger partial charge in [-0.05, 0) is 24.6 Å². The highest BCUT2D eigenvalue weighted by atomic mass is 32.2. The molecule has 0 aliphatic heterocycles. The fourth-order valence-electron chi connectivity index (χ4n) is 2.87. The van der Waals surface area contributed by atoms with E-state index in [1.54, 1.807) is 32.4 Å². The lowest BCUT2D eigenvalue weighted by Gasteiger charge is -2.11. The molecule has 8 heteroatoms. The van der Waals surface area contributed by atoms with Gasteiger partial charge < -0.3 is 19.4 Å². The summed E-state index contributed by atoms with van der Waals surface area (Å²) >= 11 is 1.36. The summed E-state index contributed by atoms with van der Waals surface area (Å²) in [6.45, 7) is 2.79. The number of benzene rings is 2. The van der Waals surface area contributed by atoms with Gasteiger partial charge in [0.2, 0.25) is 5.91 Å². The van der Waals surface area contributed by atoms with Gasteiger partial charge in [-0.15, -0.1) is 10.2 Å². The third-order valence-corrected chi connectivity index (χ3v) is 5.30. The Balaban J connectivity index is 1.63. The first-order chi connectivity index (χ1) is 14.1. The van der Waals surface area contributed by atoms with Crippen LogP contribution in [0.2, 0.25) is 0 Å². The Morgan fingerprint density at radius 2 is 1.90 bits per heavy atom. The highest BCUT2D eigenvalue weighted by molar-refractivity contribution is 7.99. The van der Waals surface area contributed by atoms with E-state index in [0.717, 1.165) is 17.5 Å². The maximum atomic E-state index is 12.4. The second-order valence-corrected chi connectivity index (χ2v) is 7.15. The van der Waals surface area contributed by atoms with Gasteiger partial charge in [-0.25, -0.2) is 0 Å². The minimum atomic E-state index is -0.145. The lowest BCUT2D eigenvalue weighted by molar-refractivity contribution is -0.113. The molecule has 0 fully saturated rings. The largest absolute Gasteiger partial charge is 0.497 e. The van der Waals surface area contributed by atoms with Crippen molar-refractivity contribution in [2.45, 2.75) is 25.0 Å². The first-order valence-electron chi connectivity index (χ1n) is 9.25. The molecule has 0 saturated heterocycles. The molecular weight excluding hydrogens is 388 g/mol. The molecule has 0 radical (unpaired) electrons. The second-order valence-electron chi connectivity index (χ2n) is 6.21. The van der Waals surface area contributed by atoms with E-state index in [2.05, 4.69) is 27.6 Å². The zero-order valence-corrected chi connectivity index (χ0v) is 17.5. The zero-order chi connectivity index (χ0) is 20.6. The molecule has 1 amide bonds. The van der Waals surface area contributed by atoms with Gasteiger partial charge in [0.05, 0.1) is 25.7 Å². The first-order valence-corrected chi connectivity index (χ1v) is 10.2. The highest BCUT2D eigenvalue weighted by Gasteiger charge is 2.15. The molecular formula is C21H24N4O3S. The van der Waals surface area contributed by atoms with Gasteiger partial charge in [0.15, 0.2) is 5.16 Å². The van der Waals surface area contributed by atoms with Crippen LogP contribution in [0.25, 0.3) is 0 Å². The average molecular weight is 413 g/mol. The smallest absolute Gasteiger partial charge is 0.234 e. The van der Waals surface area contributed by atoms with Crippen LogP contribution in [0.15, 0.2) is 53.7 Å². The number of amides is 1. The fourth-order valence-corrected chi connectivity index (χ4v) is 3.69. The molecule has 0 aliphatic rings. The Hall–Kier alpha value is -3.00. The minimum Gasteiger partial charge on any atom is -0.497 e. The molecule has 0 saturated carbocycles. The van der Waals surface area contributed by atoms with Gasteiger partial charge in [0.1, 0.15) is 17.3 Å². The normalized spacial score (nSPS) is 10.6. The van der Waals surface area contributed by atoms with Gasteiger partial charge in [-0.1, -0.05) is 42.1 Å². The zero-order valence-electron chi connectivity index (χ0n) is 16.7. The van der Waals surface area contributed by atoms with E-state index in [4.69, 9.17) is 9.47 Å². The van der Waals surface area contributed by atoms with Crippen molar-refractivity contribution in [2.75, 3.05) is 25.3 Å². The molecule has 3 aromatic rings. The van der Waals surface area contributed by atoms with Crippen molar-refractivity contribution in [3.63, 3.8) is 0 Å². The topological polar surface area (TPSA) is 78.3 Å². The molecule has 0 aliphatic carbocycles. The van der Waals surface area contributed by atoms with Gasteiger partial charge in [-0.3, -0.25) is 4.79 Å². The van der Waals surface area contributed by atoms with Crippen LogP contribution >= 0.6 is 11.8 Å². The molecule has 0 bridgehead atoms. The van der Waals surface area contributed by atoms with Crippen molar-refractivity contribution in [1.82, 2.24) is 14.8 Å². The predicted molar refractivity (Wildman–Crippen MR) is 114 cm³/mol. The Labute approximate surface area is 174 Å². The number of carbonyl (C=O) groups excluding carboxylic acids is 1. The number of rotatable bonds is 9. The predicted octanol–water partition coefficient (Wildman–Crippen LogP) is 3.64. The first kappa shape index (κ1) is 20.7. The van der Waals surface area contributed by atoms with Gasteiger partial charge >= 0.3 is 0 Å². The van der Waals surface area contributed by atoms with E-state index in [1.807, 2.05) is 29.7 Å². The maximum Gasteiger partial charge on any atom is 0.234 e. The van der Waals surface area contributed by atoms with Gasteiger partial charge in [0, 0.05) is 19.0 Å². The quantitative estimate of drug-likeness (QED) is 0.541. The Morgan fingerprint density at radius 3 is 2.59 bits per heavy atom. The van der Waals surface area contributed by atoms with Crippen LogP contribution in [-0.4, -0.2) is 40.6 Å². The van der Waals surface area contributed by atoms with Crippen LogP contribution in [0, 0.1) is 0 Å². The van der Waals surface area contributed by atoms with E-state index in [-0.39, 0.29) is 11.7 Å². The minimum absolute atomic E-state index is 0.145. The lowest BCUT2D eigenvalue weighted by Crippen LogP contribution is -2.15. The van der Waals surface area contributed by atoms with E-state index in [9.17, 15) is 4.79 Å². The summed E-state index contributed by atoms with van der Waals surface area (Å²) in [6, 6.07) is 15.4. The number of aromatic nitrogens is 3. The van der Waals surface area contributed by atoms with Crippen LogP contribution < -0.4 is 14.8 Å². The Bertz CT molecular complexity index is 960. The molecule has 3 rings (SSSR count). The molecule has 1 heterocycles. The summed E-state index contributed by atoms with van der Waals surface area (Å²) in [4.78, 5) is 12.4. The molecule has 0 spiro atoms. The van der Waals surface area contributed by atoms with Crippen molar-refractivity contribution in [3.05, 3.63) is 59.9 Å². The third-order valence-electron chi connectivity index (χ3n) is 4.33. The average Bonchev–Trinajstić information content (AvgIpc) is 3.14. The molecule has 0 atom stereocenters. The second kappa shape index (κ2) is 9.97. The number of nitrogens with zero attached hydrogens (tertiary/aromatic N) is 3. The number of thioether (sulfide) groups is 1. The van der Waals surface area contributed by atoms with Crippen molar-refractivity contribution in [1.29, 1.82) is 0 Å². The number of methoxy groups -OCH3 is 2. The highest BCUT2D eigenvalue weighted by Crippen LogP contribution is 2.29. The van der Waals surface area contributed by atoms with Crippen molar-refractivity contribution in [2.24, 2.45) is 0 Å². The van der Waals surface area contributed by atoms with Crippen LogP contribution in [-0.2, 0) is 17.8 Å². The van der Waals surface area contributed by atoms with Crippen molar-refractivity contribution >= 4 is 23.4 Å². The number of anilines is 1. The van der Waals surface area contributed by atoms with Gasteiger partial charge in [0.25, 0.3) is 0 Å². The Kier molecular flexibility index (Phi) is 7.13. The Morgan fingerprint density at radius 1 is 1.10 bits per heavy atom. The SMILES string of the molecule is CCn1c(Cc2ccccc2)nnc1SCC(=O)Nc1ccc(OC)cc1OC. The van der Waals surface area contributed by atoms with Crippen LogP contribution in [0.3, 0.4) is 0 Å². The van der Waals surface area contributed by atoms with Crippen LogP contribution in [0.4, 0.5) is 5.69 Å². The lowest BCUT2D eigenvalue weighted by atomic mass is 10.1. The summed E-state index contributed by atoms with van der Waals surface area (Å²) in [7, 11) is 3.14. The van der Waals surface area contributed by atoms with E-state index < -0.39 is 0 Å². The monoisotopic (exact) mass is 412 g/mol. The number of hydrogen-bond acceptors (Lipinski definition) is 6. The van der Waals surface area contributed by atoms with Crippen molar-refractivity contribution < 1.29 is 14.3 Å². The van der Waals surface area contributed by atoms with E-state index in [1.165, 1.54) is 17.3 Å². The van der Waals surface area contributed by atoms with Crippen molar-refractivity contribution in [3.8, 4) is 11.5 Å². The molecule has 2 aromatic carbocycles. The standard InChI is InChI=1S/C21H24N4O3S/c1-4-25-19(12-15-8-6-5-7-9-15)23-24-21(25)29-14-20(26)22-17-11-10-16(27-2)13-18(17)28-3/h5-11,13H,4,12,14H2,1-3H3,(H,22,26). The molecule has 1 aromatic heterocycles. The number of ether oxygens (including phenoxy) is 2. The molecule has 29 heavy (non-hydrogen) atoms. The summed E-state index contributed by atoms with van der Waals surface area (Å²) in [5.74, 6) is 2.17. The molecule has 0 unspecified atom stereocenters. The summed E-state index contributed by atoms with van der Waals surface area (Å²) in [5.41, 5.74) is 1.77. The molecule has 1 N–H and O–H groups in total. The van der Waals surface area contributed by atoms with Crippen LogP contribution in [0.1, 0.15) is 18.3 Å². The van der Waals surface area contributed by atoms with Crippen LogP contribution in [0.5, 0.6) is 11.5 Å². The number of nitrogens with one attached hydrogen (secondary N) is 1. The molecule has 7 nitrogen and oxygen atoms in total. The number of hydrogen-bond donors (Lipinski definition) is 1.